The Morgan fingerprint density at radius 2 is 1.90 bits per heavy atom. The number of hydrogen-bond donors (Lipinski definition) is 1. The van der Waals surface area contributed by atoms with Gasteiger partial charge in [0.1, 0.15) is 12.2 Å². The molecule has 1 N–H and O–H groups in total. The summed E-state index contributed by atoms with van der Waals surface area (Å²) in [5, 5.41) is 4.06. The summed E-state index contributed by atoms with van der Waals surface area (Å²) in [6.07, 6.45) is 1.88. The second kappa shape index (κ2) is 8.71. The number of benzene rings is 2. The summed E-state index contributed by atoms with van der Waals surface area (Å²) in [6, 6.07) is 14.7. The molecule has 0 saturated heterocycles. The Hall–Kier alpha value is -2.48. The van der Waals surface area contributed by atoms with Crippen LogP contribution >= 0.6 is 35.2 Å². The summed E-state index contributed by atoms with van der Waals surface area (Å²) in [5.74, 6) is -0.193. The van der Waals surface area contributed by atoms with Gasteiger partial charge in [-0.25, -0.2) is 0 Å². The highest BCUT2D eigenvalue weighted by Gasteiger charge is 2.19. The molecule has 4 aromatic rings. The summed E-state index contributed by atoms with van der Waals surface area (Å²) in [6.45, 7) is 2.59. The zero-order valence-corrected chi connectivity index (χ0v) is 18.7. The van der Waals surface area contributed by atoms with Crippen molar-refractivity contribution >= 4 is 57.6 Å². The van der Waals surface area contributed by atoms with Crippen LogP contribution in [-0.4, -0.2) is 21.4 Å². The lowest BCUT2D eigenvalue weighted by Crippen LogP contribution is -2.33. The predicted molar refractivity (Wildman–Crippen MR) is 126 cm³/mol. The van der Waals surface area contributed by atoms with Crippen LogP contribution in [0.5, 0.6) is 0 Å². The van der Waals surface area contributed by atoms with Crippen LogP contribution < -0.4 is 10.9 Å². The standard InChI is InChI=1S/C22H20ClN3O2S2/c1-2-3-12-24-18(27)13-25-20-19(14-8-10-15(23)11-9-14)30-22(29)26(20)17-7-5-4-6-16(17)21(25)28/h4-11H,2-3,12-13H2,1H3,(H,24,27). The van der Waals surface area contributed by atoms with Gasteiger partial charge < -0.3 is 5.32 Å². The maximum absolute atomic E-state index is 13.4. The van der Waals surface area contributed by atoms with Crippen molar-refractivity contribution in [2.24, 2.45) is 0 Å². The normalized spacial score (nSPS) is 11.3. The van der Waals surface area contributed by atoms with Crippen molar-refractivity contribution in [1.29, 1.82) is 0 Å². The van der Waals surface area contributed by atoms with Gasteiger partial charge in [-0.15, -0.1) is 11.3 Å². The minimum Gasteiger partial charge on any atom is -0.355 e. The molecule has 2 aromatic carbocycles. The molecule has 30 heavy (non-hydrogen) atoms. The Bertz CT molecular complexity index is 1350. The number of rotatable bonds is 6. The third-order valence-electron chi connectivity index (χ3n) is 4.92. The number of hydrogen-bond acceptors (Lipinski definition) is 4. The van der Waals surface area contributed by atoms with Gasteiger partial charge in [-0.3, -0.25) is 18.6 Å². The third-order valence-corrected chi connectivity index (χ3v) is 6.59. The molecule has 0 unspecified atom stereocenters. The Morgan fingerprint density at radius 3 is 2.63 bits per heavy atom. The largest absolute Gasteiger partial charge is 0.355 e. The second-order valence-electron chi connectivity index (χ2n) is 6.97. The summed E-state index contributed by atoms with van der Waals surface area (Å²) in [7, 11) is 0. The highest BCUT2D eigenvalue weighted by atomic mass is 35.5. The molecule has 0 aliphatic carbocycles. The number of thiazole rings is 1. The Morgan fingerprint density at radius 1 is 1.17 bits per heavy atom. The van der Waals surface area contributed by atoms with E-state index in [1.54, 1.807) is 18.2 Å². The van der Waals surface area contributed by atoms with E-state index < -0.39 is 0 Å². The molecule has 2 aromatic heterocycles. The number of nitrogens with one attached hydrogen (secondary N) is 1. The molecular formula is C22H20ClN3O2S2. The van der Waals surface area contributed by atoms with E-state index in [0.29, 0.717) is 26.6 Å². The van der Waals surface area contributed by atoms with Gasteiger partial charge in [0.2, 0.25) is 5.91 Å². The molecule has 0 saturated carbocycles. The lowest BCUT2D eigenvalue weighted by atomic mass is 10.2. The fraction of sp³-hybridized carbons (Fsp3) is 0.227. The van der Waals surface area contributed by atoms with Gasteiger partial charge in [0.25, 0.3) is 5.56 Å². The minimum atomic E-state index is -0.209. The maximum Gasteiger partial charge on any atom is 0.262 e. The number of amides is 1. The lowest BCUT2D eigenvalue weighted by molar-refractivity contribution is -0.121. The van der Waals surface area contributed by atoms with E-state index in [1.165, 1.54) is 15.9 Å². The number of aromatic nitrogens is 2. The van der Waals surface area contributed by atoms with E-state index in [2.05, 4.69) is 12.2 Å². The molecule has 0 radical (unpaired) electrons. The predicted octanol–water partition coefficient (Wildman–Crippen LogP) is 5.28. The Kier molecular flexibility index (Phi) is 6.04. The first kappa shape index (κ1) is 20.8. The van der Waals surface area contributed by atoms with Gasteiger partial charge in [0.15, 0.2) is 3.95 Å². The molecule has 0 spiro atoms. The number of nitrogens with zero attached hydrogens (tertiary/aromatic N) is 2. The molecule has 0 fully saturated rings. The number of carbonyl (C=O) groups is 1. The van der Waals surface area contributed by atoms with E-state index in [9.17, 15) is 9.59 Å². The average Bonchev–Trinajstić information content (AvgIpc) is 3.09. The zero-order valence-electron chi connectivity index (χ0n) is 16.4. The van der Waals surface area contributed by atoms with Crippen LogP contribution in [0, 0.1) is 3.95 Å². The van der Waals surface area contributed by atoms with E-state index in [4.69, 9.17) is 23.8 Å². The van der Waals surface area contributed by atoms with Crippen LogP contribution in [-0.2, 0) is 11.3 Å². The smallest absolute Gasteiger partial charge is 0.262 e. The number of halogens is 1. The number of fused-ring (bicyclic) bond motifs is 3. The monoisotopic (exact) mass is 457 g/mol. The highest BCUT2D eigenvalue weighted by Crippen LogP contribution is 2.33. The van der Waals surface area contributed by atoms with Crippen LogP contribution in [0.3, 0.4) is 0 Å². The van der Waals surface area contributed by atoms with Gasteiger partial charge in [0, 0.05) is 11.6 Å². The van der Waals surface area contributed by atoms with E-state index in [0.717, 1.165) is 28.8 Å². The zero-order chi connectivity index (χ0) is 21.3. The van der Waals surface area contributed by atoms with Crippen molar-refractivity contribution in [2.75, 3.05) is 6.54 Å². The van der Waals surface area contributed by atoms with Crippen LogP contribution in [0.4, 0.5) is 0 Å². The average molecular weight is 458 g/mol. The quantitative estimate of drug-likeness (QED) is 0.316. The van der Waals surface area contributed by atoms with Gasteiger partial charge in [0.05, 0.1) is 15.8 Å². The van der Waals surface area contributed by atoms with Gasteiger partial charge in [-0.2, -0.15) is 0 Å². The van der Waals surface area contributed by atoms with Gasteiger partial charge >= 0.3 is 0 Å². The summed E-state index contributed by atoms with van der Waals surface area (Å²) in [5.41, 5.74) is 2.05. The molecule has 5 nitrogen and oxygen atoms in total. The molecule has 2 heterocycles. The van der Waals surface area contributed by atoms with E-state index in [-0.39, 0.29) is 18.0 Å². The molecular weight excluding hydrogens is 438 g/mol. The van der Waals surface area contributed by atoms with Gasteiger partial charge in [-0.1, -0.05) is 49.2 Å². The SMILES string of the molecule is CCCCNC(=O)Cn1c(=O)c2ccccc2n2c(=S)sc(-c3ccc(Cl)cc3)c12. The van der Waals surface area contributed by atoms with Crippen molar-refractivity contribution < 1.29 is 4.79 Å². The third kappa shape index (κ3) is 3.80. The second-order valence-corrected chi connectivity index (χ2v) is 9.06. The van der Waals surface area contributed by atoms with Crippen LogP contribution in [0.15, 0.2) is 53.3 Å². The van der Waals surface area contributed by atoms with Gasteiger partial charge in [-0.05, 0) is 48.5 Å². The highest BCUT2D eigenvalue weighted by molar-refractivity contribution is 7.73. The first-order chi connectivity index (χ1) is 14.5. The molecule has 8 heteroatoms. The lowest BCUT2D eigenvalue weighted by Gasteiger charge is -2.13. The fourth-order valence-corrected chi connectivity index (χ4v) is 5.01. The molecule has 0 aliphatic heterocycles. The minimum absolute atomic E-state index is 0.0665. The fourth-order valence-electron chi connectivity index (χ4n) is 3.45. The molecule has 4 rings (SSSR count). The first-order valence-corrected chi connectivity index (χ1v) is 11.3. The van der Waals surface area contributed by atoms with E-state index >= 15 is 0 Å². The first-order valence-electron chi connectivity index (χ1n) is 9.71. The van der Waals surface area contributed by atoms with E-state index in [1.807, 2.05) is 34.7 Å². The number of carbonyl (C=O) groups excluding carboxylic acids is 1. The molecule has 1 amide bonds. The Balaban J connectivity index is 1.98. The topological polar surface area (TPSA) is 55.5 Å². The van der Waals surface area contributed by atoms with Crippen molar-refractivity contribution in [1.82, 2.24) is 14.3 Å². The number of unbranched alkanes of at least 4 members (excludes halogenated alkanes) is 1. The number of para-hydroxylation sites is 1. The van der Waals surface area contributed by atoms with Crippen molar-refractivity contribution in [3.05, 3.63) is 67.9 Å². The van der Waals surface area contributed by atoms with Crippen molar-refractivity contribution in [2.45, 2.75) is 26.3 Å². The Labute approximate surface area is 187 Å². The molecule has 0 aliphatic rings. The van der Waals surface area contributed by atoms with Crippen LogP contribution in [0.1, 0.15) is 19.8 Å². The molecule has 0 bridgehead atoms. The maximum atomic E-state index is 13.4. The molecule has 0 atom stereocenters. The van der Waals surface area contributed by atoms with Crippen molar-refractivity contribution in [3.8, 4) is 10.4 Å². The van der Waals surface area contributed by atoms with Crippen LogP contribution in [0.2, 0.25) is 5.02 Å². The van der Waals surface area contributed by atoms with Crippen LogP contribution in [0.25, 0.3) is 27.0 Å². The van der Waals surface area contributed by atoms with Crippen molar-refractivity contribution in [3.63, 3.8) is 0 Å². The summed E-state index contributed by atoms with van der Waals surface area (Å²) >= 11 is 13.1. The molecule has 154 valence electrons. The summed E-state index contributed by atoms with van der Waals surface area (Å²) in [4.78, 5) is 26.8. The summed E-state index contributed by atoms with van der Waals surface area (Å²) < 4.78 is 4.03.